The normalized spacial score (nSPS) is 12.5. The van der Waals surface area contributed by atoms with Gasteiger partial charge in [-0.05, 0) is 41.5 Å². The summed E-state index contributed by atoms with van der Waals surface area (Å²) in [6, 6.07) is 20.9. The molecule has 0 fully saturated rings. The fourth-order valence-corrected chi connectivity index (χ4v) is 4.14. The average molecular weight is 376 g/mol. The molecule has 0 aliphatic rings. The van der Waals surface area contributed by atoms with Crippen molar-refractivity contribution in [1.82, 2.24) is 5.32 Å². The first-order chi connectivity index (χ1) is 11.6. The van der Waals surface area contributed by atoms with Gasteiger partial charge in [0.15, 0.2) is 0 Å². The maximum atomic E-state index is 6.20. The van der Waals surface area contributed by atoms with Crippen LogP contribution < -0.4 is 5.32 Å². The number of halogens is 2. The number of benzene rings is 3. The van der Waals surface area contributed by atoms with E-state index >= 15 is 0 Å². The van der Waals surface area contributed by atoms with Gasteiger partial charge in [0.25, 0.3) is 0 Å². The maximum absolute atomic E-state index is 6.20. The van der Waals surface area contributed by atoms with Gasteiger partial charge in [-0.2, -0.15) is 0 Å². The van der Waals surface area contributed by atoms with Crippen molar-refractivity contribution in [1.29, 1.82) is 0 Å². The van der Waals surface area contributed by atoms with E-state index in [9.17, 15) is 0 Å². The number of fused-ring (bicyclic) bond motifs is 1. The van der Waals surface area contributed by atoms with Crippen LogP contribution in [0.25, 0.3) is 10.8 Å². The Morgan fingerprint density at radius 3 is 2.67 bits per heavy atom. The third-order valence-corrected chi connectivity index (χ3v) is 5.73. The van der Waals surface area contributed by atoms with Crippen LogP contribution in [0.1, 0.15) is 18.5 Å². The van der Waals surface area contributed by atoms with Crippen LogP contribution in [-0.2, 0) is 0 Å². The molecule has 1 nitrogen and oxygen atoms in total. The number of hydrogen-bond donors (Lipinski definition) is 1. The van der Waals surface area contributed by atoms with Crippen LogP contribution in [0.3, 0.4) is 0 Å². The first kappa shape index (κ1) is 17.6. The van der Waals surface area contributed by atoms with Gasteiger partial charge in [0, 0.05) is 28.3 Å². The quantitative estimate of drug-likeness (QED) is 0.385. The summed E-state index contributed by atoms with van der Waals surface area (Å²) in [4.78, 5) is 1.03. The van der Waals surface area contributed by atoms with E-state index in [0.717, 1.165) is 27.2 Å². The molecule has 3 aromatic carbocycles. The first-order valence-corrected chi connectivity index (χ1v) is 9.68. The summed E-state index contributed by atoms with van der Waals surface area (Å²) in [6.45, 7) is 3.11. The molecule has 0 radical (unpaired) electrons. The van der Waals surface area contributed by atoms with Gasteiger partial charge >= 0.3 is 0 Å². The van der Waals surface area contributed by atoms with Crippen LogP contribution in [0.4, 0.5) is 0 Å². The van der Waals surface area contributed by atoms with E-state index in [4.69, 9.17) is 23.2 Å². The Morgan fingerprint density at radius 1 is 1.00 bits per heavy atom. The largest absolute Gasteiger partial charge is 0.309 e. The Bertz CT molecular complexity index is 829. The van der Waals surface area contributed by atoms with E-state index in [1.165, 1.54) is 16.3 Å². The lowest BCUT2D eigenvalue weighted by Gasteiger charge is -2.16. The third-order valence-electron chi connectivity index (χ3n) is 3.99. The molecule has 0 spiro atoms. The summed E-state index contributed by atoms with van der Waals surface area (Å²) >= 11 is 14.0. The predicted octanol–water partition coefficient (Wildman–Crippen LogP) is 6.59. The molecule has 1 atom stereocenters. The molecule has 24 heavy (non-hydrogen) atoms. The number of rotatable bonds is 6. The Kier molecular flexibility index (Phi) is 6.07. The molecule has 3 rings (SSSR count). The van der Waals surface area contributed by atoms with Crippen molar-refractivity contribution >= 4 is 45.7 Å². The minimum Gasteiger partial charge on any atom is -0.309 e. The van der Waals surface area contributed by atoms with E-state index in [1.54, 1.807) is 11.8 Å². The summed E-state index contributed by atoms with van der Waals surface area (Å²) in [6.07, 6.45) is 0. The molecule has 1 N–H and O–H groups in total. The Labute approximate surface area is 157 Å². The molecular formula is C20H19Cl2NS. The van der Waals surface area contributed by atoms with E-state index in [2.05, 4.69) is 54.7 Å². The fraction of sp³-hybridized carbons (Fsp3) is 0.200. The highest BCUT2D eigenvalue weighted by molar-refractivity contribution is 7.99. The molecule has 0 aliphatic heterocycles. The zero-order valence-electron chi connectivity index (χ0n) is 13.4. The van der Waals surface area contributed by atoms with Crippen molar-refractivity contribution in [3.8, 4) is 0 Å². The molecule has 0 aliphatic carbocycles. The van der Waals surface area contributed by atoms with Gasteiger partial charge in [0.05, 0.1) is 5.02 Å². The van der Waals surface area contributed by atoms with Crippen LogP contribution >= 0.6 is 35.0 Å². The highest BCUT2D eigenvalue weighted by atomic mass is 35.5. The Morgan fingerprint density at radius 2 is 1.79 bits per heavy atom. The second-order valence-electron chi connectivity index (χ2n) is 5.67. The van der Waals surface area contributed by atoms with Crippen LogP contribution in [0.5, 0.6) is 0 Å². The highest BCUT2D eigenvalue weighted by Crippen LogP contribution is 2.30. The minimum absolute atomic E-state index is 0.298. The van der Waals surface area contributed by atoms with E-state index in [-0.39, 0.29) is 0 Å². The molecule has 0 heterocycles. The fourth-order valence-electron chi connectivity index (χ4n) is 2.76. The molecule has 4 heteroatoms. The zero-order valence-corrected chi connectivity index (χ0v) is 15.8. The van der Waals surface area contributed by atoms with Gasteiger partial charge in [-0.15, -0.1) is 11.8 Å². The van der Waals surface area contributed by atoms with Gasteiger partial charge < -0.3 is 5.32 Å². The summed E-state index contributed by atoms with van der Waals surface area (Å²) in [5.74, 6) is 0.940. The predicted molar refractivity (Wildman–Crippen MR) is 108 cm³/mol. The summed E-state index contributed by atoms with van der Waals surface area (Å²) < 4.78 is 0. The molecule has 0 unspecified atom stereocenters. The molecule has 0 aromatic heterocycles. The third kappa shape index (κ3) is 4.25. The molecule has 0 bridgehead atoms. The Balaban J connectivity index is 1.59. The lowest BCUT2D eigenvalue weighted by Crippen LogP contribution is -2.21. The van der Waals surface area contributed by atoms with E-state index in [0.29, 0.717) is 6.04 Å². The molecule has 0 saturated carbocycles. The summed E-state index contributed by atoms with van der Waals surface area (Å²) in [5.41, 5.74) is 1.33. The van der Waals surface area contributed by atoms with Crippen molar-refractivity contribution < 1.29 is 0 Å². The number of hydrogen-bond acceptors (Lipinski definition) is 2. The van der Waals surface area contributed by atoms with Gasteiger partial charge in [-0.3, -0.25) is 0 Å². The van der Waals surface area contributed by atoms with E-state index in [1.807, 2.05) is 18.2 Å². The smallest absolute Gasteiger partial charge is 0.0542 e. The van der Waals surface area contributed by atoms with Gasteiger partial charge in [0.1, 0.15) is 0 Å². The number of thioether (sulfide) groups is 1. The Hall–Kier alpha value is -1.19. The van der Waals surface area contributed by atoms with Crippen LogP contribution in [0.2, 0.25) is 10.0 Å². The van der Waals surface area contributed by atoms with Crippen molar-refractivity contribution in [2.45, 2.75) is 17.9 Å². The summed E-state index contributed by atoms with van der Waals surface area (Å²) in [7, 11) is 0. The molecule has 124 valence electrons. The molecule has 3 aromatic rings. The maximum Gasteiger partial charge on any atom is 0.0542 e. The van der Waals surface area contributed by atoms with Gasteiger partial charge in [-0.1, -0.05) is 65.7 Å². The van der Waals surface area contributed by atoms with Crippen molar-refractivity contribution in [2.24, 2.45) is 0 Å². The summed E-state index contributed by atoms with van der Waals surface area (Å²) in [5, 5.41) is 7.67. The molecule has 0 saturated heterocycles. The lowest BCUT2D eigenvalue weighted by molar-refractivity contribution is 0.605. The van der Waals surface area contributed by atoms with Gasteiger partial charge in [0.2, 0.25) is 0 Å². The monoisotopic (exact) mass is 375 g/mol. The standard InChI is InChI=1S/C20H19Cl2NS/c1-14(17-8-4-6-15-5-2-3-7-18(15)17)23-11-12-24-20-13-16(21)9-10-19(20)22/h2-10,13-14,23H,11-12H2,1H3/t14-/m1/s1. The zero-order chi connectivity index (χ0) is 16.9. The van der Waals surface area contributed by atoms with Gasteiger partial charge in [-0.25, -0.2) is 0 Å². The van der Waals surface area contributed by atoms with Crippen molar-refractivity contribution in [3.63, 3.8) is 0 Å². The van der Waals surface area contributed by atoms with Crippen molar-refractivity contribution in [3.05, 3.63) is 76.3 Å². The molecule has 0 amide bonds. The number of nitrogens with one attached hydrogen (secondary N) is 1. The minimum atomic E-state index is 0.298. The SMILES string of the molecule is C[C@@H](NCCSc1cc(Cl)ccc1Cl)c1cccc2ccccc12. The van der Waals surface area contributed by atoms with E-state index < -0.39 is 0 Å². The highest BCUT2D eigenvalue weighted by Gasteiger charge is 2.08. The molecular weight excluding hydrogens is 357 g/mol. The van der Waals surface area contributed by atoms with Crippen molar-refractivity contribution in [2.75, 3.05) is 12.3 Å². The lowest BCUT2D eigenvalue weighted by atomic mass is 10.00. The second-order valence-corrected chi connectivity index (χ2v) is 7.65. The van der Waals surface area contributed by atoms with Crippen LogP contribution in [0.15, 0.2) is 65.6 Å². The van der Waals surface area contributed by atoms with Crippen LogP contribution in [-0.4, -0.2) is 12.3 Å². The topological polar surface area (TPSA) is 12.0 Å². The average Bonchev–Trinajstić information content (AvgIpc) is 2.60. The van der Waals surface area contributed by atoms with Crippen LogP contribution in [0, 0.1) is 0 Å². The second kappa shape index (κ2) is 8.26. The first-order valence-electron chi connectivity index (χ1n) is 7.94.